The van der Waals surface area contributed by atoms with Crippen molar-refractivity contribution < 1.29 is 62.1 Å². The molecule has 0 amide bonds. The summed E-state index contributed by atoms with van der Waals surface area (Å²) in [4.78, 5) is 42.7. The van der Waals surface area contributed by atoms with Gasteiger partial charge in [0.25, 0.3) is 0 Å². The molecule has 1 fully saturated rings. The number of hydrogen-bond acceptors (Lipinski definition) is 12. The average molecular weight is 708 g/mol. The molecular formula is C33H41F3N9NaO4. The Morgan fingerprint density at radius 3 is 2.48 bits per heavy atom. The predicted octanol–water partition coefficient (Wildman–Crippen LogP) is 0.658. The van der Waals surface area contributed by atoms with E-state index < -0.39 is 17.8 Å². The van der Waals surface area contributed by atoms with Gasteiger partial charge in [0.05, 0.1) is 37.0 Å². The third-order valence-electron chi connectivity index (χ3n) is 8.25. The number of aromatic nitrogens is 6. The minimum absolute atomic E-state index is 0. The number of nitrogens with one attached hydrogen (secondary N) is 1. The van der Waals surface area contributed by atoms with E-state index in [9.17, 15) is 23.1 Å². The second-order valence-electron chi connectivity index (χ2n) is 13.0. The number of rotatable bonds is 13. The molecule has 1 N–H and O–H groups in total. The van der Waals surface area contributed by atoms with E-state index in [0.29, 0.717) is 67.9 Å². The van der Waals surface area contributed by atoms with Crippen molar-refractivity contribution >= 4 is 28.6 Å². The molecular weight excluding hydrogens is 666 g/mol. The van der Waals surface area contributed by atoms with Gasteiger partial charge in [-0.1, -0.05) is 13.8 Å². The van der Waals surface area contributed by atoms with Crippen LogP contribution in [0.3, 0.4) is 0 Å². The molecule has 0 spiro atoms. The van der Waals surface area contributed by atoms with Gasteiger partial charge in [0.2, 0.25) is 5.88 Å². The van der Waals surface area contributed by atoms with E-state index in [-0.39, 0.29) is 76.8 Å². The molecule has 50 heavy (non-hydrogen) atoms. The molecule has 5 heterocycles. The number of hydrogen-bond donors (Lipinski definition) is 1. The van der Waals surface area contributed by atoms with Gasteiger partial charge in [0, 0.05) is 75.9 Å². The van der Waals surface area contributed by atoms with Gasteiger partial charge in [0.1, 0.15) is 22.7 Å². The number of halogens is 3. The van der Waals surface area contributed by atoms with Crippen LogP contribution in [0.2, 0.25) is 0 Å². The Morgan fingerprint density at radius 1 is 1.10 bits per heavy atom. The Hall–Kier alpha value is -3.57. The van der Waals surface area contributed by atoms with Gasteiger partial charge in [0.15, 0.2) is 11.5 Å². The van der Waals surface area contributed by atoms with Crippen molar-refractivity contribution in [3.63, 3.8) is 0 Å². The molecule has 1 aliphatic rings. The topological polar surface area (TPSA) is 149 Å². The Bertz CT molecular complexity index is 1770. The number of ether oxygens (including phenoxy) is 2. The Labute approximate surface area is 310 Å². The van der Waals surface area contributed by atoms with E-state index in [1.807, 2.05) is 18.9 Å². The largest absolute Gasteiger partial charge is 1.00 e. The molecule has 0 unspecified atom stereocenters. The van der Waals surface area contributed by atoms with Crippen LogP contribution in [0.15, 0.2) is 30.6 Å². The first kappa shape index (κ1) is 39.2. The van der Waals surface area contributed by atoms with Crippen molar-refractivity contribution in [3.8, 4) is 28.7 Å². The first-order valence-electron chi connectivity index (χ1n) is 16.0. The number of pyridine rings is 2. The number of fused-ring (bicyclic) bond motifs is 1. The van der Waals surface area contributed by atoms with Crippen molar-refractivity contribution in [1.82, 2.24) is 34.8 Å². The average Bonchev–Trinajstić information content (AvgIpc) is 3.47. The fraction of sp³-hybridized carbons (Fsp3) is 0.515. The number of aliphatic carboxylic acids is 1. The van der Waals surface area contributed by atoms with Crippen LogP contribution in [-0.4, -0.2) is 107 Å². The standard InChI is InChI=1S/C33H42F3N9O4.Na/c1-7-49-27-13-21(12-25(40-27)33(34,35)36)22-14-24(43(5)18-32(3,4)19-48-6)29-31(39-22)42-30(41-29)23-15-38-26(16-37-23)45-11-10-44(17-20(45)2)9-8-28(46)47;/h12-16,20H,7-11,17-19H2,1-6H3,(H,46,47)(H,39,41,42);/q;+1/p-1/t20-;/m1./s1. The quantitative estimate of drug-likeness (QED) is 0.195. The molecule has 0 saturated carbocycles. The monoisotopic (exact) mass is 707 g/mol. The number of H-pyrrole nitrogens is 1. The van der Waals surface area contributed by atoms with E-state index in [2.05, 4.69) is 48.6 Å². The van der Waals surface area contributed by atoms with Crippen LogP contribution >= 0.6 is 0 Å². The molecule has 1 aliphatic heterocycles. The van der Waals surface area contributed by atoms with Crippen molar-refractivity contribution in [1.29, 1.82) is 0 Å². The SMILES string of the molecule is CCOc1cc(-c2cc(N(C)CC(C)(C)COC)c3[nH]c(-c4cnc(N5CCN(CCC(=O)[O-])C[C@H]5C)cn4)nc3n2)cc(C(F)(F)F)n1.[Na+]. The molecule has 13 nitrogen and oxygen atoms in total. The summed E-state index contributed by atoms with van der Waals surface area (Å²) < 4.78 is 52.3. The molecule has 0 aromatic carbocycles. The van der Waals surface area contributed by atoms with E-state index in [1.54, 1.807) is 32.5 Å². The summed E-state index contributed by atoms with van der Waals surface area (Å²) >= 11 is 0. The molecule has 0 bridgehead atoms. The molecule has 5 rings (SSSR count). The fourth-order valence-corrected chi connectivity index (χ4v) is 6.14. The maximum Gasteiger partial charge on any atom is 1.00 e. The normalized spacial score (nSPS) is 15.6. The molecule has 1 atom stereocenters. The van der Waals surface area contributed by atoms with Crippen LogP contribution < -0.4 is 49.2 Å². The van der Waals surface area contributed by atoms with Crippen LogP contribution in [0.25, 0.3) is 33.9 Å². The van der Waals surface area contributed by atoms with E-state index in [0.717, 1.165) is 6.07 Å². The molecule has 4 aromatic rings. The number of carboxylic acid groups (broad SMARTS) is 1. The molecule has 0 aliphatic carbocycles. The molecule has 17 heteroatoms. The minimum Gasteiger partial charge on any atom is -0.550 e. The Morgan fingerprint density at radius 2 is 1.86 bits per heavy atom. The van der Waals surface area contributed by atoms with Crippen molar-refractivity contribution in [2.24, 2.45) is 5.41 Å². The summed E-state index contributed by atoms with van der Waals surface area (Å²) in [6, 6.07) is 4.20. The number of carbonyl (C=O) groups excluding carboxylic acids is 1. The molecule has 4 aromatic heterocycles. The van der Waals surface area contributed by atoms with Crippen molar-refractivity contribution in [2.45, 2.75) is 46.3 Å². The van der Waals surface area contributed by atoms with E-state index in [1.165, 1.54) is 6.07 Å². The minimum atomic E-state index is -4.69. The van der Waals surface area contributed by atoms with Gasteiger partial charge in [-0.2, -0.15) is 13.2 Å². The number of carbonyl (C=O) groups is 1. The summed E-state index contributed by atoms with van der Waals surface area (Å²) in [6.45, 7) is 11.5. The van der Waals surface area contributed by atoms with Crippen LogP contribution in [-0.2, 0) is 15.7 Å². The summed E-state index contributed by atoms with van der Waals surface area (Å²) in [5.74, 6) is -0.149. The fourth-order valence-electron chi connectivity index (χ4n) is 6.14. The Balaban J connectivity index is 0.00000562. The number of piperazine rings is 1. The Kier molecular flexibility index (Phi) is 12.7. The zero-order chi connectivity index (χ0) is 35.5. The summed E-state index contributed by atoms with van der Waals surface area (Å²) in [5, 5.41) is 10.9. The second kappa shape index (κ2) is 16.2. The van der Waals surface area contributed by atoms with E-state index in [4.69, 9.17) is 14.5 Å². The zero-order valence-electron chi connectivity index (χ0n) is 29.5. The number of carboxylic acids is 1. The van der Waals surface area contributed by atoms with Gasteiger partial charge < -0.3 is 34.2 Å². The molecule has 0 radical (unpaired) electrons. The maximum absolute atomic E-state index is 13.8. The van der Waals surface area contributed by atoms with Crippen molar-refractivity contribution in [3.05, 3.63) is 36.3 Å². The van der Waals surface area contributed by atoms with Gasteiger partial charge in [-0.3, -0.25) is 4.90 Å². The van der Waals surface area contributed by atoms with Crippen LogP contribution in [0.1, 0.15) is 39.8 Å². The summed E-state index contributed by atoms with van der Waals surface area (Å²) in [6.07, 6.45) is -1.42. The first-order valence-corrected chi connectivity index (χ1v) is 16.0. The number of imidazole rings is 1. The molecule has 1 saturated heterocycles. The van der Waals surface area contributed by atoms with Crippen LogP contribution in [0.4, 0.5) is 24.7 Å². The smallest absolute Gasteiger partial charge is 0.550 e. The summed E-state index contributed by atoms with van der Waals surface area (Å²) in [7, 11) is 3.53. The summed E-state index contributed by atoms with van der Waals surface area (Å²) in [5.41, 5.74) is 1.09. The van der Waals surface area contributed by atoms with Crippen molar-refractivity contribution in [2.75, 3.05) is 69.9 Å². The van der Waals surface area contributed by atoms with E-state index >= 15 is 0 Å². The third kappa shape index (κ3) is 9.40. The number of aromatic amines is 1. The van der Waals surface area contributed by atoms with Crippen LogP contribution in [0.5, 0.6) is 5.88 Å². The second-order valence-corrected chi connectivity index (χ2v) is 13.0. The molecule has 264 valence electrons. The number of methoxy groups -OCH3 is 1. The van der Waals surface area contributed by atoms with Gasteiger partial charge in [-0.15, -0.1) is 0 Å². The predicted molar refractivity (Wildman–Crippen MR) is 176 cm³/mol. The number of nitrogens with zero attached hydrogens (tertiary/aromatic N) is 8. The maximum atomic E-state index is 13.8. The number of alkyl halides is 3. The van der Waals surface area contributed by atoms with Gasteiger partial charge in [-0.05, 0) is 32.4 Å². The van der Waals surface area contributed by atoms with Gasteiger partial charge in [-0.25, -0.2) is 24.9 Å². The van der Waals surface area contributed by atoms with Gasteiger partial charge >= 0.3 is 35.7 Å². The van der Waals surface area contributed by atoms with Crippen LogP contribution in [0, 0.1) is 5.41 Å². The third-order valence-corrected chi connectivity index (χ3v) is 8.25. The first-order chi connectivity index (χ1) is 23.2. The number of anilines is 2. The zero-order valence-corrected chi connectivity index (χ0v) is 31.5.